The maximum absolute atomic E-state index is 12.1. The first-order valence-electron chi connectivity index (χ1n) is 5.92. The number of aromatic amines is 1. The average molecular weight is 255 g/mol. The topological polar surface area (TPSA) is 75.1 Å². The second-order valence-electron chi connectivity index (χ2n) is 4.37. The van der Waals surface area contributed by atoms with E-state index in [2.05, 4.69) is 20.5 Å². The van der Waals surface area contributed by atoms with Gasteiger partial charge in [0.1, 0.15) is 11.3 Å². The van der Waals surface area contributed by atoms with E-state index in [9.17, 15) is 4.79 Å². The number of amides is 1. The van der Waals surface area contributed by atoms with Gasteiger partial charge in [0, 0.05) is 23.7 Å². The van der Waals surface area contributed by atoms with Crippen LogP contribution in [0.1, 0.15) is 21.7 Å². The highest BCUT2D eigenvalue weighted by Crippen LogP contribution is 2.15. The van der Waals surface area contributed by atoms with Gasteiger partial charge in [-0.3, -0.25) is 9.89 Å². The Kier molecular flexibility index (Phi) is 2.56. The number of carbonyl (C=O) groups is 1. The minimum absolute atomic E-state index is 0.265. The molecule has 0 aliphatic heterocycles. The van der Waals surface area contributed by atoms with Gasteiger partial charge >= 0.3 is 0 Å². The molecule has 6 heteroatoms. The molecule has 0 aliphatic rings. The fourth-order valence-corrected chi connectivity index (χ4v) is 1.82. The lowest BCUT2D eigenvalue weighted by atomic mass is 10.3. The van der Waals surface area contributed by atoms with E-state index >= 15 is 0 Å². The van der Waals surface area contributed by atoms with Crippen LogP contribution in [0.15, 0.2) is 30.6 Å². The minimum atomic E-state index is -0.265. The van der Waals surface area contributed by atoms with Crippen LogP contribution >= 0.6 is 0 Å². The van der Waals surface area contributed by atoms with Crippen LogP contribution in [-0.2, 0) is 0 Å². The van der Waals surface area contributed by atoms with Crippen molar-refractivity contribution in [1.82, 2.24) is 19.6 Å². The molecule has 3 aromatic rings. The lowest BCUT2D eigenvalue weighted by Gasteiger charge is -1.99. The lowest BCUT2D eigenvalue weighted by Crippen LogP contribution is -2.13. The molecule has 0 fully saturated rings. The summed E-state index contributed by atoms with van der Waals surface area (Å²) in [7, 11) is 0. The summed E-state index contributed by atoms with van der Waals surface area (Å²) in [5.74, 6) is 0.276. The summed E-state index contributed by atoms with van der Waals surface area (Å²) in [6, 6.07) is 5.61. The van der Waals surface area contributed by atoms with Crippen LogP contribution < -0.4 is 5.32 Å². The maximum Gasteiger partial charge on any atom is 0.277 e. The molecule has 0 aliphatic carbocycles. The van der Waals surface area contributed by atoms with Crippen LogP contribution in [0.25, 0.3) is 5.65 Å². The molecule has 0 spiro atoms. The first kappa shape index (κ1) is 11.5. The molecule has 3 rings (SSSR count). The van der Waals surface area contributed by atoms with Crippen LogP contribution in [0.3, 0.4) is 0 Å². The van der Waals surface area contributed by atoms with Gasteiger partial charge < -0.3 is 9.72 Å². The Morgan fingerprint density at radius 3 is 2.89 bits per heavy atom. The average Bonchev–Trinajstić information content (AvgIpc) is 2.97. The van der Waals surface area contributed by atoms with E-state index < -0.39 is 0 Å². The van der Waals surface area contributed by atoms with E-state index in [1.165, 1.54) is 0 Å². The van der Waals surface area contributed by atoms with Gasteiger partial charge in [0.05, 0.1) is 0 Å². The summed E-state index contributed by atoms with van der Waals surface area (Å²) in [4.78, 5) is 16.4. The van der Waals surface area contributed by atoms with Crippen molar-refractivity contribution < 1.29 is 4.79 Å². The number of nitrogens with zero attached hydrogens (tertiary/aromatic N) is 3. The first-order valence-corrected chi connectivity index (χ1v) is 5.92. The van der Waals surface area contributed by atoms with E-state index in [0.29, 0.717) is 11.5 Å². The molecular formula is C13H13N5O. The first-order chi connectivity index (χ1) is 9.15. The van der Waals surface area contributed by atoms with Crippen LogP contribution in [0.4, 0.5) is 5.82 Å². The Morgan fingerprint density at radius 1 is 1.37 bits per heavy atom. The van der Waals surface area contributed by atoms with Crippen LogP contribution in [0, 0.1) is 13.8 Å². The third-order valence-corrected chi connectivity index (χ3v) is 3.08. The zero-order valence-electron chi connectivity index (χ0n) is 10.6. The molecule has 3 heterocycles. The van der Waals surface area contributed by atoms with Crippen molar-refractivity contribution in [3.05, 3.63) is 47.5 Å². The number of imidazole rings is 1. The fourth-order valence-electron chi connectivity index (χ4n) is 1.82. The Bertz CT molecular complexity index is 722. The lowest BCUT2D eigenvalue weighted by molar-refractivity contribution is 0.102. The summed E-state index contributed by atoms with van der Waals surface area (Å²) < 4.78 is 1.80. The summed E-state index contributed by atoms with van der Waals surface area (Å²) in [5, 5.41) is 9.62. The number of carbonyl (C=O) groups excluding carboxylic acids is 1. The molecule has 19 heavy (non-hydrogen) atoms. The molecule has 0 aromatic carbocycles. The van der Waals surface area contributed by atoms with E-state index in [0.717, 1.165) is 16.9 Å². The number of H-pyrrole nitrogens is 1. The Morgan fingerprint density at radius 2 is 2.21 bits per heavy atom. The molecule has 0 saturated heterocycles. The third-order valence-electron chi connectivity index (χ3n) is 3.08. The van der Waals surface area contributed by atoms with Crippen molar-refractivity contribution in [1.29, 1.82) is 0 Å². The number of aromatic nitrogens is 4. The fraction of sp³-hybridized carbons (Fsp3) is 0.154. The van der Waals surface area contributed by atoms with Gasteiger partial charge in [0.15, 0.2) is 5.82 Å². The molecule has 0 atom stereocenters. The van der Waals surface area contributed by atoms with Gasteiger partial charge in [0.2, 0.25) is 0 Å². The number of nitrogens with one attached hydrogen (secondary N) is 2. The molecule has 1 amide bonds. The summed E-state index contributed by atoms with van der Waals surface area (Å²) in [5.41, 5.74) is 2.97. The zero-order chi connectivity index (χ0) is 13.4. The van der Waals surface area contributed by atoms with Crippen molar-refractivity contribution in [3.8, 4) is 0 Å². The minimum Gasteiger partial charge on any atom is -0.306 e. The van der Waals surface area contributed by atoms with Gasteiger partial charge in [-0.05, 0) is 26.0 Å². The van der Waals surface area contributed by atoms with Crippen molar-refractivity contribution in [2.45, 2.75) is 13.8 Å². The maximum atomic E-state index is 12.1. The van der Waals surface area contributed by atoms with Crippen LogP contribution in [0.5, 0.6) is 0 Å². The second-order valence-corrected chi connectivity index (χ2v) is 4.37. The summed E-state index contributed by atoms with van der Waals surface area (Å²) in [6.45, 7) is 3.81. The molecular weight excluding hydrogens is 242 g/mol. The summed E-state index contributed by atoms with van der Waals surface area (Å²) in [6.07, 6.45) is 3.54. The van der Waals surface area contributed by atoms with Gasteiger partial charge in [-0.2, -0.15) is 5.10 Å². The van der Waals surface area contributed by atoms with Crippen LogP contribution in [0.2, 0.25) is 0 Å². The van der Waals surface area contributed by atoms with E-state index in [1.54, 1.807) is 10.6 Å². The standard InChI is InChI=1S/C13H13N5O/c1-8-9(2)16-17-12(8)15-13(19)10-7-18-6-4-3-5-11(18)14-10/h3-7H,1-2H3,(H2,15,16,17,19). The van der Waals surface area contributed by atoms with Crippen molar-refractivity contribution >= 4 is 17.4 Å². The van der Waals surface area contributed by atoms with Gasteiger partial charge in [0.25, 0.3) is 5.91 Å². The van der Waals surface area contributed by atoms with Gasteiger partial charge in [-0.1, -0.05) is 6.07 Å². The number of aryl methyl sites for hydroxylation is 1. The normalized spacial score (nSPS) is 10.8. The molecule has 2 N–H and O–H groups in total. The monoisotopic (exact) mass is 255 g/mol. The number of pyridine rings is 1. The number of anilines is 1. The smallest absolute Gasteiger partial charge is 0.277 e. The van der Waals surface area contributed by atoms with Crippen molar-refractivity contribution in [2.75, 3.05) is 5.32 Å². The molecule has 3 aromatic heterocycles. The predicted octanol–water partition coefficient (Wildman–Crippen LogP) is 1.93. The van der Waals surface area contributed by atoms with Gasteiger partial charge in [-0.25, -0.2) is 4.98 Å². The second kappa shape index (κ2) is 4.24. The largest absolute Gasteiger partial charge is 0.306 e. The SMILES string of the molecule is Cc1[nH]nc(NC(=O)c2cn3ccccc3n2)c1C. The molecule has 0 radical (unpaired) electrons. The number of hydrogen-bond donors (Lipinski definition) is 2. The molecule has 0 unspecified atom stereocenters. The Labute approximate surface area is 109 Å². The van der Waals surface area contributed by atoms with Gasteiger partial charge in [-0.15, -0.1) is 0 Å². The Balaban J connectivity index is 1.89. The molecule has 6 nitrogen and oxygen atoms in total. The highest BCUT2D eigenvalue weighted by molar-refractivity contribution is 6.03. The third kappa shape index (κ3) is 1.97. The summed E-state index contributed by atoms with van der Waals surface area (Å²) >= 11 is 0. The molecule has 96 valence electrons. The van der Waals surface area contributed by atoms with Crippen molar-refractivity contribution in [2.24, 2.45) is 0 Å². The number of rotatable bonds is 2. The predicted molar refractivity (Wildman–Crippen MR) is 71.2 cm³/mol. The highest BCUT2D eigenvalue weighted by atomic mass is 16.2. The van der Waals surface area contributed by atoms with E-state index in [1.807, 2.05) is 38.2 Å². The zero-order valence-corrected chi connectivity index (χ0v) is 10.6. The highest BCUT2D eigenvalue weighted by Gasteiger charge is 2.14. The molecule has 0 saturated carbocycles. The Hall–Kier alpha value is -2.63. The van der Waals surface area contributed by atoms with Crippen molar-refractivity contribution in [3.63, 3.8) is 0 Å². The number of fused-ring (bicyclic) bond motifs is 1. The van der Waals surface area contributed by atoms with E-state index in [-0.39, 0.29) is 5.91 Å². The molecule has 0 bridgehead atoms. The quantitative estimate of drug-likeness (QED) is 0.734. The van der Waals surface area contributed by atoms with Crippen LogP contribution in [-0.4, -0.2) is 25.5 Å². The number of hydrogen-bond acceptors (Lipinski definition) is 3. The van der Waals surface area contributed by atoms with E-state index in [4.69, 9.17) is 0 Å².